The Labute approximate surface area is 162 Å². The Morgan fingerprint density at radius 3 is 2.57 bits per heavy atom. The zero-order valence-corrected chi connectivity index (χ0v) is 15.8. The fourth-order valence-corrected chi connectivity index (χ4v) is 3.25. The molecule has 0 unspecified atom stereocenters. The molecule has 3 aromatic rings. The van der Waals surface area contributed by atoms with E-state index >= 15 is 0 Å². The van der Waals surface area contributed by atoms with Gasteiger partial charge in [0.15, 0.2) is 0 Å². The molecular weight excluding hydrogens is 363 g/mol. The van der Waals surface area contributed by atoms with Crippen LogP contribution < -0.4 is 5.32 Å². The maximum absolute atomic E-state index is 13.2. The van der Waals surface area contributed by atoms with Crippen molar-refractivity contribution in [2.45, 2.75) is 39.4 Å². The second kappa shape index (κ2) is 8.00. The van der Waals surface area contributed by atoms with E-state index in [1.807, 2.05) is 38.1 Å². The monoisotopic (exact) mass is 385 g/mol. The van der Waals surface area contributed by atoms with Crippen molar-refractivity contribution in [2.24, 2.45) is 0 Å². The van der Waals surface area contributed by atoms with Gasteiger partial charge in [-0.1, -0.05) is 37.6 Å². The summed E-state index contributed by atoms with van der Waals surface area (Å²) in [6.07, 6.45) is -2.80. The van der Waals surface area contributed by atoms with E-state index < -0.39 is 11.7 Å². The SMILES string of the molecule is CCCC(=N)c1cc(C)nc2cc(NCc3ccccc3C(F)(F)F)ccc12. The molecule has 6 heteroatoms. The Bertz CT molecular complexity index is 1010. The van der Waals surface area contributed by atoms with Gasteiger partial charge in [0, 0.05) is 34.6 Å². The number of alkyl halides is 3. The summed E-state index contributed by atoms with van der Waals surface area (Å²) in [5, 5.41) is 12.2. The van der Waals surface area contributed by atoms with Crippen molar-refractivity contribution in [1.29, 1.82) is 5.41 Å². The molecule has 0 fully saturated rings. The zero-order chi connectivity index (χ0) is 20.3. The number of anilines is 1. The molecule has 0 aliphatic carbocycles. The third-order valence-corrected chi connectivity index (χ3v) is 4.57. The molecule has 0 aliphatic rings. The molecule has 0 radical (unpaired) electrons. The quantitative estimate of drug-likeness (QED) is 0.486. The minimum Gasteiger partial charge on any atom is -0.381 e. The van der Waals surface area contributed by atoms with Gasteiger partial charge in [0.2, 0.25) is 0 Å². The second-order valence-corrected chi connectivity index (χ2v) is 6.78. The Kier molecular flexibility index (Phi) is 5.68. The van der Waals surface area contributed by atoms with E-state index in [0.717, 1.165) is 34.6 Å². The highest BCUT2D eigenvalue weighted by molar-refractivity contribution is 6.09. The highest BCUT2D eigenvalue weighted by Gasteiger charge is 2.32. The third-order valence-electron chi connectivity index (χ3n) is 4.57. The van der Waals surface area contributed by atoms with E-state index in [1.54, 1.807) is 6.07 Å². The Balaban J connectivity index is 1.89. The minimum absolute atomic E-state index is 0.0610. The molecule has 0 aliphatic heterocycles. The molecule has 0 spiro atoms. The van der Waals surface area contributed by atoms with Crippen molar-refractivity contribution < 1.29 is 13.2 Å². The van der Waals surface area contributed by atoms with Crippen LogP contribution in [-0.2, 0) is 12.7 Å². The van der Waals surface area contributed by atoms with Crippen LogP contribution in [0.4, 0.5) is 18.9 Å². The Hall–Kier alpha value is -2.89. The summed E-state index contributed by atoms with van der Waals surface area (Å²) in [7, 11) is 0. The molecule has 1 heterocycles. The zero-order valence-electron chi connectivity index (χ0n) is 15.8. The minimum atomic E-state index is -4.38. The number of halogens is 3. The lowest BCUT2D eigenvalue weighted by atomic mass is 10.00. The van der Waals surface area contributed by atoms with Crippen molar-refractivity contribution in [3.05, 3.63) is 70.9 Å². The van der Waals surface area contributed by atoms with Crippen LogP contribution in [0.2, 0.25) is 0 Å². The predicted octanol–water partition coefficient (Wildman–Crippen LogP) is 6.34. The molecule has 28 heavy (non-hydrogen) atoms. The molecule has 0 saturated heterocycles. The van der Waals surface area contributed by atoms with Gasteiger partial charge in [0.05, 0.1) is 11.1 Å². The van der Waals surface area contributed by atoms with Gasteiger partial charge in [-0.2, -0.15) is 13.2 Å². The van der Waals surface area contributed by atoms with Crippen LogP contribution in [0.3, 0.4) is 0 Å². The highest BCUT2D eigenvalue weighted by atomic mass is 19.4. The lowest BCUT2D eigenvalue weighted by Crippen LogP contribution is -2.11. The lowest BCUT2D eigenvalue weighted by molar-refractivity contribution is -0.138. The van der Waals surface area contributed by atoms with Gasteiger partial charge in [0.25, 0.3) is 0 Å². The lowest BCUT2D eigenvalue weighted by Gasteiger charge is -2.15. The molecule has 0 saturated carbocycles. The van der Waals surface area contributed by atoms with Crippen LogP contribution >= 0.6 is 0 Å². The maximum Gasteiger partial charge on any atom is 0.416 e. The van der Waals surface area contributed by atoms with E-state index in [1.165, 1.54) is 12.1 Å². The average molecular weight is 385 g/mol. The fourth-order valence-electron chi connectivity index (χ4n) is 3.25. The molecule has 0 bridgehead atoms. The molecular formula is C22H22F3N3. The van der Waals surface area contributed by atoms with Gasteiger partial charge < -0.3 is 10.7 Å². The summed E-state index contributed by atoms with van der Waals surface area (Å²) in [6, 6.07) is 13.0. The van der Waals surface area contributed by atoms with E-state index in [2.05, 4.69) is 10.3 Å². The normalized spacial score (nSPS) is 11.6. The van der Waals surface area contributed by atoms with Crippen LogP contribution in [0.1, 0.15) is 42.1 Å². The van der Waals surface area contributed by atoms with Gasteiger partial charge >= 0.3 is 6.18 Å². The van der Waals surface area contributed by atoms with Crippen molar-refractivity contribution >= 4 is 22.3 Å². The second-order valence-electron chi connectivity index (χ2n) is 6.78. The smallest absolute Gasteiger partial charge is 0.381 e. The largest absolute Gasteiger partial charge is 0.416 e. The van der Waals surface area contributed by atoms with Crippen LogP contribution in [0.25, 0.3) is 10.9 Å². The number of hydrogen-bond acceptors (Lipinski definition) is 3. The van der Waals surface area contributed by atoms with E-state index in [0.29, 0.717) is 17.8 Å². The standard InChI is InChI=1S/C22H22F3N3/c1-3-6-20(26)18-11-14(2)28-21-12-16(9-10-17(18)21)27-13-15-7-4-5-8-19(15)22(23,24)25/h4-5,7-12,26-27H,3,6,13H2,1-2H3. The topological polar surface area (TPSA) is 48.8 Å². The number of pyridine rings is 1. The fraction of sp³-hybridized carbons (Fsp3) is 0.273. The first-order valence-electron chi connectivity index (χ1n) is 9.17. The van der Waals surface area contributed by atoms with E-state index in [-0.39, 0.29) is 12.1 Å². The molecule has 1 aromatic heterocycles. The van der Waals surface area contributed by atoms with Crippen LogP contribution in [0.5, 0.6) is 0 Å². The van der Waals surface area contributed by atoms with Gasteiger partial charge in [0.1, 0.15) is 0 Å². The van der Waals surface area contributed by atoms with E-state index in [4.69, 9.17) is 5.41 Å². The van der Waals surface area contributed by atoms with Gasteiger partial charge in [-0.05, 0) is 43.2 Å². The average Bonchev–Trinajstić information content (AvgIpc) is 2.65. The predicted molar refractivity (Wildman–Crippen MR) is 107 cm³/mol. The molecule has 0 amide bonds. The van der Waals surface area contributed by atoms with Gasteiger partial charge in [-0.15, -0.1) is 0 Å². The van der Waals surface area contributed by atoms with Crippen LogP contribution in [0, 0.1) is 12.3 Å². The van der Waals surface area contributed by atoms with Crippen molar-refractivity contribution in [2.75, 3.05) is 5.32 Å². The Morgan fingerprint density at radius 2 is 1.86 bits per heavy atom. The maximum atomic E-state index is 13.2. The first kappa shape index (κ1) is 19.9. The number of nitrogens with one attached hydrogen (secondary N) is 2. The summed E-state index contributed by atoms with van der Waals surface area (Å²) in [5.41, 5.74) is 3.21. The van der Waals surface area contributed by atoms with Crippen LogP contribution in [0.15, 0.2) is 48.5 Å². The molecule has 2 N–H and O–H groups in total. The van der Waals surface area contributed by atoms with Crippen molar-refractivity contribution in [3.63, 3.8) is 0 Å². The van der Waals surface area contributed by atoms with Crippen molar-refractivity contribution in [1.82, 2.24) is 4.98 Å². The Morgan fingerprint density at radius 1 is 1.11 bits per heavy atom. The van der Waals surface area contributed by atoms with Crippen molar-refractivity contribution in [3.8, 4) is 0 Å². The van der Waals surface area contributed by atoms with Gasteiger partial charge in [-0.25, -0.2) is 0 Å². The third kappa shape index (κ3) is 4.32. The number of fused-ring (bicyclic) bond motifs is 1. The first-order chi connectivity index (χ1) is 13.3. The van der Waals surface area contributed by atoms with E-state index in [9.17, 15) is 13.2 Å². The summed E-state index contributed by atoms with van der Waals surface area (Å²) in [4.78, 5) is 4.53. The summed E-state index contributed by atoms with van der Waals surface area (Å²) in [5.74, 6) is 0. The number of rotatable bonds is 6. The highest BCUT2D eigenvalue weighted by Crippen LogP contribution is 2.32. The first-order valence-corrected chi connectivity index (χ1v) is 9.17. The molecule has 3 nitrogen and oxygen atoms in total. The summed E-state index contributed by atoms with van der Waals surface area (Å²) in [6.45, 7) is 3.97. The molecule has 0 atom stereocenters. The number of benzene rings is 2. The number of aromatic nitrogens is 1. The summed E-state index contributed by atoms with van der Waals surface area (Å²) >= 11 is 0. The number of aryl methyl sites for hydroxylation is 1. The van der Waals surface area contributed by atoms with Crippen LogP contribution in [-0.4, -0.2) is 10.7 Å². The number of hydrogen-bond donors (Lipinski definition) is 2. The molecule has 2 aromatic carbocycles. The number of nitrogens with zero attached hydrogens (tertiary/aromatic N) is 1. The summed E-state index contributed by atoms with van der Waals surface area (Å²) < 4.78 is 39.5. The molecule has 3 rings (SSSR count). The van der Waals surface area contributed by atoms with Gasteiger partial charge in [-0.3, -0.25) is 4.98 Å². The molecule has 146 valence electrons.